The van der Waals surface area contributed by atoms with E-state index in [9.17, 15) is 8.78 Å². The number of halogens is 3. The first-order valence-corrected chi connectivity index (χ1v) is 6.14. The summed E-state index contributed by atoms with van der Waals surface area (Å²) in [6.07, 6.45) is 5.17. The van der Waals surface area contributed by atoms with E-state index in [-0.39, 0.29) is 5.70 Å². The lowest BCUT2D eigenvalue weighted by Crippen LogP contribution is -2.22. The minimum atomic E-state index is -3.07. The zero-order valence-corrected chi connectivity index (χ0v) is 12.0. The van der Waals surface area contributed by atoms with E-state index >= 15 is 0 Å². The van der Waals surface area contributed by atoms with Gasteiger partial charge in [0.15, 0.2) is 0 Å². The molecule has 1 nitrogen and oxygen atoms in total. The Balaban J connectivity index is 5.18. The number of allylic oxidation sites excluding steroid dienone is 4. The van der Waals surface area contributed by atoms with E-state index in [0.717, 1.165) is 25.0 Å². The van der Waals surface area contributed by atoms with Crippen LogP contribution in [0.1, 0.15) is 20.3 Å². The van der Waals surface area contributed by atoms with Crippen LogP contribution in [0, 0.1) is 0 Å². The first-order valence-electron chi connectivity index (χ1n) is 5.71. The second kappa shape index (κ2) is 7.85. The molecule has 104 valence electrons. The quantitative estimate of drug-likeness (QED) is 0.437. The molecule has 0 heterocycles. The molecule has 0 N–H and O–H groups in total. The lowest BCUT2D eigenvalue weighted by molar-refractivity contribution is 0.102. The second-order valence-electron chi connectivity index (χ2n) is 3.95. The molecule has 0 aliphatic rings. The molecule has 0 unspecified atom stereocenters. The minimum absolute atomic E-state index is 0.145. The van der Waals surface area contributed by atoms with Crippen molar-refractivity contribution in [2.24, 2.45) is 4.99 Å². The van der Waals surface area contributed by atoms with Gasteiger partial charge in [0.25, 0.3) is 5.92 Å². The van der Waals surface area contributed by atoms with Gasteiger partial charge in [-0.2, -0.15) is 8.78 Å². The highest BCUT2D eigenvalue weighted by Gasteiger charge is 2.27. The maximum atomic E-state index is 13.2. The van der Waals surface area contributed by atoms with Crippen LogP contribution in [-0.2, 0) is 0 Å². The third-order valence-corrected chi connectivity index (χ3v) is 2.54. The molecular weight excluding hydrogens is 268 g/mol. The molecule has 0 aliphatic heterocycles. The Morgan fingerprint density at radius 1 is 1.32 bits per heavy atom. The second-order valence-corrected chi connectivity index (χ2v) is 4.16. The Morgan fingerprint density at radius 2 is 1.89 bits per heavy atom. The predicted octanol–water partition coefficient (Wildman–Crippen LogP) is 5.43. The summed E-state index contributed by atoms with van der Waals surface area (Å²) in [5, 5.41) is 0. The largest absolute Gasteiger partial charge is 0.286 e. The molecular formula is C15H18ClF2N. The van der Waals surface area contributed by atoms with E-state index in [4.69, 9.17) is 11.6 Å². The van der Waals surface area contributed by atoms with Crippen molar-refractivity contribution in [2.75, 3.05) is 0 Å². The number of hydrogen-bond donors (Lipinski definition) is 0. The molecule has 0 aromatic rings. The molecule has 4 heteroatoms. The Labute approximate surface area is 118 Å². The van der Waals surface area contributed by atoms with Crippen LogP contribution in [0.3, 0.4) is 0 Å². The molecule has 0 aromatic carbocycles. The molecule has 0 bridgehead atoms. The van der Waals surface area contributed by atoms with Gasteiger partial charge in [0.1, 0.15) is 5.71 Å². The fraction of sp³-hybridized carbons (Fsp3) is 0.267. The average molecular weight is 286 g/mol. The van der Waals surface area contributed by atoms with Crippen molar-refractivity contribution in [3.8, 4) is 0 Å². The maximum absolute atomic E-state index is 13.2. The van der Waals surface area contributed by atoms with E-state index in [1.54, 1.807) is 12.2 Å². The lowest BCUT2D eigenvalue weighted by Gasteiger charge is -2.11. The summed E-state index contributed by atoms with van der Waals surface area (Å²) in [6.45, 7) is 13.4. The summed E-state index contributed by atoms with van der Waals surface area (Å²) in [5.41, 5.74) is 2.26. The Kier molecular flexibility index (Phi) is 7.23. The summed E-state index contributed by atoms with van der Waals surface area (Å²) < 4.78 is 26.3. The van der Waals surface area contributed by atoms with Crippen molar-refractivity contribution >= 4 is 17.3 Å². The smallest absolute Gasteiger partial charge is 0.247 e. The van der Waals surface area contributed by atoms with Crippen LogP contribution in [-0.4, -0.2) is 11.6 Å². The SMILES string of the molecule is C=C/C(=N\C(=C)C(/C=C\C(=C)CC)=C/Cl)C(C)(F)F. The molecule has 0 saturated carbocycles. The minimum Gasteiger partial charge on any atom is -0.247 e. The average Bonchev–Trinajstić information content (AvgIpc) is 2.34. The number of hydrogen-bond acceptors (Lipinski definition) is 1. The highest BCUT2D eigenvalue weighted by atomic mass is 35.5. The normalized spacial score (nSPS) is 13.7. The maximum Gasteiger partial charge on any atom is 0.286 e. The molecule has 0 aliphatic carbocycles. The third-order valence-electron chi connectivity index (χ3n) is 2.30. The summed E-state index contributed by atoms with van der Waals surface area (Å²) >= 11 is 5.64. The van der Waals surface area contributed by atoms with Crippen molar-refractivity contribution in [2.45, 2.75) is 26.2 Å². The van der Waals surface area contributed by atoms with Crippen molar-refractivity contribution in [3.63, 3.8) is 0 Å². The van der Waals surface area contributed by atoms with Crippen LogP contribution in [0.2, 0.25) is 0 Å². The van der Waals surface area contributed by atoms with Crippen molar-refractivity contribution in [1.82, 2.24) is 0 Å². The summed E-state index contributed by atoms with van der Waals surface area (Å²) in [7, 11) is 0. The zero-order chi connectivity index (χ0) is 15.1. The molecule has 0 radical (unpaired) electrons. The van der Waals surface area contributed by atoms with Crippen LogP contribution in [0.4, 0.5) is 8.78 Å². The van der Waals surface area contributed by atoms with Gasteiger partial charge in [-0.15, -0.1) is 0 Å². The Hall–Kier alpha value is -1.48. The number of rotatable bonds is 7. The Bertz CT molecular complexity index is 451. The first-order chi connectivity index (χ1) is 8.76. The lowest BCUT2D eigenvalue weighted by atomic mass is 10.1. The fourth-order valence-electron chi connectivity index (χ4n) is 1.05. The van der Waals surface area contributed by atoms with Crippen molar-refractivity contribution in [1.29, 1.82) is 0 Å². The fourth-order valence-corrected chi connectivity index (χ4v) is 1.25. The highest BCUT2D eigenvalue weighted by Crippen LogP contribution is 2.20. The molecule has 19 heavy (non-hydrogen) atoms. The molecule has 0 atom stereocenters. The van der Waals surface area contributed by atoms with E-state index < -0.39 is 11.6 Å². The van der Waals surface area contributed by atoms with Gasteiger partial charge in [0.2, 0.25) is 0 Å². The van der Waals surface area contributed by atoms with Crippen LogP contribution in [0.25, 0.3) is 0 Å². The number of nitrogens with zero attached hydrogens (tertiary/aromatic N) is 1. The molecule has 0 fully saturated rings. The number of alkyl halides is 2. The number of aliphatic imine (C=N–C) groups is 1. The van der Waals surface area contributed by atoms with E-state index in [1.165, 1.54) is 5.54 Å². The van der Waals surface area contributed by atoms with Crippen molar-refractivity contribution in [3.05, 3.63) is 60.3 Å². The summed E-state index contributed by atoms with van der Waals surface area (Å²) in [5.74, 6) is -3.07. The van der Waals surface area contributed by atoms with Gasteiger partial charge >= 0.3 is 0 Å². The van der Waals surface area contributed by atoms with Crippen LogP contribution in [0.5, 0.6) is 0 Å². The third kappa shape index (κ3) is 6.30. The van der Waals surface area contributed by atoms with Gasteiger partial charge in [0, 0.05) is 18.0 Å². The molecule has 0 saturated heterocycles. The predicted molar refractivity (Wildman–Crippen MR) is 79.9 cm³/mol. The molecule has 0 amide bonds. The van der Waals surface area contributed by atoms with Gasteiger partial charge in [-0.3, -0.25) is 0 Å². The van der Waals surface area contributed by atoms with Gasteiger partial charge in [0.05, 0.1) is 5.70 Å². The Morgan fingerprint density at radius 3 is 2.26 bits per heavy atom. The zero-order valence-electron chi connectivity index (χ0n) is 11.2. The van der Waals surface area contributed by atoms with Gasteiger partial charge in [-0.25, -0.2) is 4.99 Å². The molecule has 0 spiro atoms. The van der Waals surface area contributed by atoms with Gasteiger partial charge in [-0.05, 0) is 12.5 Å². The van der Waals surface area contributed by atoms with E-state index in [0.29, 0.717) is 5.57 Å². The highest BCUT2D eigenvalue weighted by molar-refractivity contribution is 6.26. The monoisotopic (exact) mass is 285 g/mol. The van der Waals surface area contributed by atoms with Crippen molar-refractivity contribution < 1.29 is 8.78 Å². The van der Waals surface area contributed by atoms with E-state index in [1.807, 2.05) is 6.92 Å². The van der Waals surface area contributed by atoms with Crippen LogP contribution < -0.4 is 0 Å². The first kappa shape index (κ1) is 17.5. The van der Waals surface area contributed by atoms with Crippen LogP contribution >= 0.6 is 11.6 Å². The topological polar surface area (TPSA) is 12.4 Å². The van der Waals surface area contributed by atoms with Gasteiger partial charge in [-0.1, -0.05) is 56.0 Å². The standard InChI is InChI=1S/C15H18ClF2N/c1-6-11(3)8-9-13(10-16)12(4)19-14(7-2)15(5,17)18/h7-10H,2-4,6H2,1,5H3/b9-8-,13-10+,19-14+. The molecule has 0 rings (SSSR count). The summed E-state index contributed by atoms with van der Waals surface area (Å²) in [6, 6.07) is 0. The molecule has 0 aromatic heterocycles. The van der Waals surface area contributed by atoms with Gasteiger partial charge < -0.3 is 0 Å². The van der Waals surface area contributed by atoms with Crippen LogP contribution in [0.15, 0.2) is 65.3 Å². The summed E-state index contributed by atoms with van der Waals surface area (Å²) in [4.78, 5) is 3.76. The van der Waals surface area contributed by atoms with E-state index in [2.05, 4.69) is 24.7 Å².